The second-order valence-corrected chi connectivity index (χ2v) is 5.84. The van der Waals surface area contributed by atoms with Crippen molar-refractivity contribution in [1.82, 2.24) is 10.2 Å². The first-order valence-corrected chi connectivity index (χ1v) is 7.27. The SMILES string of the molecule is Cc1cccc(C(C)OC(=O)c2cc(CC(C)C)[nH]n2)c1. The monoisotopic (exact) mass is 286 g/mol. The van der Waals surface area contributed by atoms with E-state index in [0.717, 1.165) is 23.2 Å². The van der Waals surface area contributed by atoms with Crippen molar-refractivity contribution in [1.29, 1.82) is 0 Å². The smallest absolute Gasteiger partial charge is 0.359 e. The number of benzene rings is 1. The van der Waals surface area contributed by atoms with Gasteiger partial charge in [-0.3, -0.25) is 5.10 Å². The van der Waals surface area contributed by atoms with E-state index in [-0.39, 0.29) is 6.10 Å². The van der Waals surface area contributed by atoms with Crippen molar-refractivity contribution in [3.05, 3.63) is 52.8 Å². The Morgan fingerprint density at radius 1 is 1.29 bits per heavy atom. The number of aromatic nitrogens is 2. The summed E-state index contributed by atoms with van der Waals surface area (Å²) < 4.78 is 5.47. The molecule has 1 unspecified atom stereocenters. The van der Waals surface area contributed by atoms with Crippen LogP contribution in [0.4, 0.5) is 0 Å². The number of aryl methyl sites for hydroxylation is 1. The Hall–Kier alpha value is -2.10. The van der Waals surface area contributed by atoms with Gasteiger partial charge in [-0.15, -0.1) is 0 Å². The first-order valence-electron chi connectivity index (χ1n) is 7.27. The molecule has 0 radical (unpaired) electrons. The van der Waals surface area contributed by atoms with Crippen LogP contribution in [0, 0.1) is 12.8 Å². The number of rotatable bonds is 5. The average molecular weight is 286 g/mol. The molecule has 1 aromatic heterocycles. The predicted molar refractivity (Wildman–Crippen MR) is 82.1 cm³/mol. The maximum Gasteiger partial charge on any atom is 0.359 e. The highest BCUT2D eigenvalue weighted by Crippen LogP contribution is 2.19. The molecular weight excluding hydrogens is 264 g/mol. The highest BCUT2D eigenvalue weighted by atomic mass is 16.5. The van der Waals surface area contributed by atoms with Crippen molar-refractivity contribution in [2.24, 2.45) is 5.92 Å². The molecule has 1 atom stereocenters. The van der Waals surface area contributed by atoms with E-state index in [4.69, 9.17) is 4.74 Å². The summed E-state index contributed by atoms with van der Waals surface area (Å²) in [6.07, 6.45) is 0.580. The lowest BCUT2D eigenvalue weighted by atomic mass is 10.1. The fourth-order valence-electron chi connectivity index (χ4n) is 2.22. The molecule has 0 aliphatic rings. The van der Waals surface area contributed by atoms with Gasteiger partial charge in [0.2, 0.25) is 0 Å². The molecule has 0 amide bonds. The molecule has 0 saturated carbocycles. The van der Waals surface area contributed by atoms with Crippen molar-refractivity contribution in [3.63, 3.8) is 0 Å². The van der Waals surface area contributed by atoms with Crippen LogP contribution in [-0.4, -0.2) is 16.2 Å². The Morgan fingerprint density at radius 2 is 2.05 bits per heavy atom. The molecular formula is C17H22N2O2. The summed E-state index contributed by atoms with van der Waals surface area (Å²) in [4.78, 5) is 12.1. The van der Waals surface area contributed by atoms with Crippen LogP contribution in [0.2, 0.25) is 0 Å². The molecule has 4 heteroatoms. The lowest BCUT2D eigenvalue weighted by molar-refractivity contribution is 0.0330. The van der Waals surface area contributed by atoms with E-state index < -0.39 is 5.97 Å². The lowest BCUT2D eigenvalue weighted by Crippen LogP contribution is -2.09. The Labute approximate surface area is 125 Å². The molecule has 0 fully saturated rings. The number of esters is 1. The van der Waals surface area contributed by atoms with Gasteiger partial charge in [-0.05, 0) is 37.8 Å². The molecule has 0 bridgehead atoms. The van der Waals surface area contributed by atoms with Crippen molar-refractivity contribution >= 4 is 5.97 Å². The number of aromatic amines is 1. The van der Waals surface area contributed by atoms with Crippen LogP contribution in [-0.2, 0) is 11.2 Å². The van der Waals surface area contributed by atoms with Crippen molar-refractivity contribution in [2.45, 2.75) is 40.2 Å². The molecule has 1 N–H and O–H groups in total. The molecule has 2 aromatic rings. The molecule has 4 nitrogen and oxygen atoms in total. The van der Waals surface area contributed by atoms with Crippen molar-refractivity contribution in [2.75, 3.05) is 0 Å². The normalized spacial score (nSPS) is 12.4. The Bertz CT molecular complexity index is 617. The Kier molecular flexibility index (Phi) is 4.78. The van der Waals surface area contributed by atoms with Crippen LogP contribution >= 0.6 is 0 Å². The van der Waals surface area contributed by atoms with E-state index in [2.05, 4.69) is 24.0 Å². The van der Waals surface area contributed by atoms with Crippen LogP contribution in [0.1, 0.15) is 54.2 Å². The number of hydrogen-bond acceptors (Lipinski definition) is 3. The largest absolute Gasteiger partial charge is 0.453 e. The zero-order chi connectivity index (χ0) is 15.4. The van der Waals surface area contributed by atoms with Gasteiger partial charge in [-0.1, -0.05) is 43.7 Å². The number of ether oxygens (including phenoxy) is 1. The third-order valence-corrected chi connectivity index (χ3v) is 3.26. The van der Waals surface area contributed by atoms with Gasteiger partial charge < -0.3 is 4.74 Å². The number of hydrogen-bond donors (Lipinski definition) is 1. The minimum Gasteiger partial charge on any atom is -0.453 e. The molecule has 0 aliphatic heterocycles. The molecule has 0 spiro atoms. The Morgan fingerprint density at radius 3 is 2.71 bits per heavy atom. The number of carbonyl (C=O) groups excluding carboxylic acids is 1. The lowest BCUT2D eigenvalue weighted by Gasteiger charge is -2.13. The fourth-order valence-corrected chi connectivity index (χ4v) is 2.22. The van der Waals surface area contributed by atoms with Gasteiger partial charge in [0.05, 0.1) is 0 Å². The summed E-state index contributed by atoms with van der Waals surface area (Å²) in [5, 5.41) is 6.92. The van der Waals surface area contributed by atoms with Gasteiger partial charge in [0.1, 0.15) is 6.10 Å². The summed E-state index contributed by atoms with van der Waals surface area (Å²) in [5.74, 6) is 0.121. The predicted octanol–water partition coefficient (Wildman–Crippen LogP) is 3.83. The van der Waals surface area contributed by atoms with Gasteiger partial charge in [-0.25, -0.2) is 4.79 Å². The van der Waals surface area contributed by atoms with Crippen LogP contribution in [0.3, 0.4) is 0 Å². The second-order valence-electron chi connectivity index (χ2n) is 5.84. The summed E-state index contributed by atoms with van der Waals surface area (Å²) in [7, 11) is 0. The number of carbonyl (C=O) groups is 1. The van der Waals surface area contributed by atoms with E-state index in [1.807, 2.05) is 38.1 Å². The van der Waals surface area contributed by atoms with E-state index in [1.165, 1.54) is 0 Å². The highest BCUT2D eigenvalue weighted by molar-refractivity contribution is 5.87. The summed E-state index contributed by atoms with van der Waals surface area (Å²) in [6, 6.07) is 9.73. The van der Waals surface area contributed by atoms with Crippen molar-refractivity contribution < 1.29 is 9.53 Å². The van der Waals surface area contributed by atoms with E-state index in [9.17, 15) is 4.79 Å². The van der Waals surface area contributed by atoms with Crippen molar-refractivity contribution in [3.8, 4) is 0 Å². The summed E-state index contributed by atoms with van der Waals surface area (Å²) in [5.41, 5.74) is 3.43. The molecule has 1 heterocycles. The third kappa shape index (κ3) is 4.18. The van der Waals surface area contributed by atoms with Gasteiger partial charge in [0.25, 0.3) is 0 Å². The summed E-state index contributed by atoms with van der Waals surface area (Å²) >= 11 is 0. The standard InChI is InChI=1S/C17H22N2O2/c1-11(2)8-15-10-16(19-18-15)17(20)21-13(4)14-7-5-6-12(3)9-14/h5-7,9-11,13H,8H2,1-4H3,(H,18,19). The third-order valence-electron chi connectivity index (χ3n) is 3.26. The van der Waals surface area contributed by atoms with Crippen LogP contribution in [0.15, 0.2) is 30.3 Å². The zero-order valence-corrected chi connectivity index (χ0v) is 13.0. The molecule has 1 aromatic carbocycles. The summed E-state index contributed by atoms with van der Waals surface area (Å²) in [6.45, 7) is 8.13. The molecule has 21 heavy (non-hydrogen) atoms. The maximum atomic E-state index is 12.1. The van der Waals surface area contributed by atoms with E-state index in [0.29, 0.717) is 11.6 Å². The van der Waals surface area contributed by atoms with Crippen LogP contribution in [0.25, 0.3) is 0 Å². The molecule has 2 rings (SSSR count). The minimum absolute atomic E-state index is 0.289. The number of nitrogens with zero attached hydrogens (tertiary/aromatic N) is 1. The first kappa shape index (κ1) is 15.3. The number of nitrogens with one attached hydrogen (secondary N) is 1. The Balaban J connectivity index is 2.02. The van der Waals surface area contributed by atoms with Gasteiger partial charge in [0.15, 0.2) is 5.69 Å². The van der Waals surface area contributed by atoms with E-state index >= 15 is 0 Å². The maximum absolute atomic E-state index is 12.1. The van der Waals surface area contributed by atoms with Crippen LogP contribution < -0.4 is 0 Å². The van der Waals surface area contributed by atoms with E-state index in [1.54, 1.807) is 6.07 Å². The first-order chi connectivity index (χ1) is 9.95. The fraction of sp³-hybridized carbons (Fsp3) is 0.412. The second kappa shape index (κ2) is 6.57. The average Bonchev–Trinajstić information content (AvgIpc) is 2.86. The van der Waals surface area contributed by atoms with Gasteiger partial charge >= 0.3 is 5.97 Å². The minimum atomic E-state index is -0.393. The zero-order valence-electron chi connectivity index (χ0n) is 13.0. The quantitative estimate of drug-likeness (QED) is 0.850. The molecule has 0 aliphatic carbocycles. The topological polar surface area (TPSA) is 55.0 Å². The van der Waals surface area contributed by atoms with Crippen LogP contribution in [0.5, 0.6) is 0 Å². The molecule has 112 valence electrons. The molecule has 0 saturated heterocycles. The highest BCUT2D eigenvalue weighted by Gasteiger charge is 2.17. The number of H-pyrrole nitrogens is 1. The van der Waals surface area contributed by atoms with Gasteiger partial charge in [-0.2, -0.15) is 5.10 Å². The van der Waals surface area contributed by atoms with Gasteiger partial charge in [0, 0.05) is 5.69 Å².